The minimum absolute atomic E-state index is 0.0503. The Kier molecular flexibility index (Phi) is 10.5. The van der Waals surface area contributed by atoms with Gasteiger partial charge in [-0.25, -0.2) is 0 Å². The zero-order chi connectivity index (χ0) is 25.2. The van der Waals surface area contributed by atoms with Crippen LogP contribution in [0.3, 0.4) is 0 Å². The highest BCUT2D eigenvalue weighted by molar-refractivity contribution is 5.76. The van der Waals surface area contributed by atoms with E-state index >= 15 is 0 Å². The van der Waals surface area contributed by atoms with Crippen molar-refractivity contribution >= 4 is 5.91 Å². The van der Waals surface area contributed by atoms with E-state index in [-0.39, 0.29) is 30.7 Å². The van der Waals surface area contributed by atoms with Crippen molar-refractivity contribution in [2.24, 2.45) is 11.7 Å². The molecule has 1 aliphatic heterocycles. The van der Waals surface area contributed by atoms with Gasteiger partial charge in [0, 0.05) is 26.7 Å². The molecule has 1 saturated heterocycles. The summed E-state index contributed by atoms with van der Waals surface area (Å²) in [5.41, 5.74) is 7.70. The van der Waals surface area contributed by atoms with Gasteiger partial charge in [-0.15, -0.1) is 0 Å². The Balaban J connectivity index is 1.85. The highest BCUT2D eigenvalue weighted by Crippen LogP contribution is 2.41. The number of carbonyl (C=O) groups excluding carboxylic acids is 1. The quantitative estimate of drug-likeness (QED) is 0.394. The largest absolute Gasteiger partial charge is 0.457 e. The third-order valence-corrected chi connectivity index (χ3v) is 6.93. The van der Waals surface area contributed by atoms with Crippen LogP contribution < -0.4 is 10.5 Å². The number of hydrogen-bond donors (Lipinski definition) is 3. The number of para-hydroxylation sites is 2. The number of benzene rings is 2. The third kappa shape index (κ3) is 7.77. The molecule has 1 amide bonds. The van der Waals surface area contributed by atoms with E-state index in [0.29, 0.717) is 19.5 Å². The summed E-state index contributed by atoms with van der Waals surface area (Å²) >= 11 is 0. The number of hydrogen-bond acceptors (Lipinski definition) is 6. The molecule has 0 spiro atoms. The summed E-state index contributed by atoms with van der Waals surface area (Å²) in [6.07, 6.45) is 2.55. The molecule has 7 heteroatoms. The molecule has 0 aliphatic carbocycles. The number of amides is 1. The van der Waals surface area contributed by atoms with Crippen LogP contribution in [-0.4, -0.2) is 60.2 Å². The van der Waals surface area contributed by atoms with Gasteiger partial charge in [0.1, 0.15) is 11.5 Å². The van der Waals surface area contributed by atoms with Gasteiger partial charge in [0.05, 0.1) is 12.5 Å². The van der Waals surface area contributed by atoms with Crippen LogP contribution in [0.15, 0.2) is 48.5 Å². The van der Waals surface area contributed by atoms with Crippen LogP contribution in [0.4, 0.5) is 0 Å². The molecule has 0 aromatic heterocycles. The fraction of sp³-hybridized carbons (Fsp3) is 0.536. The average molecular weight is 485 g/mol. The summed E-state index contributed by atoms with van der Waals surface area (Å²) in [5.74, 6) is 1.98. The topological polar surface area (TPSA) is 105 Å². The molecule has 4 atom stereocenters. The first kappa shape index (κ1) is 27.1. The summed E-state index contributed by atoms with van der Waals surface area (Å²) in [7, 11) is 1.51. The average Bonchev–Trinajstić information content (AvgIpc) is 2.88. The molecule has 3 rings (SSSR count). The molecule has 0 radical (unpaired) electrons. The van der Waals surface area contributed by atoms with Gasteiger partial charge in [-0.2, -0.15) is 0 Å². The van der Waals surface area contributed by atoms with Crippen LogP contribution in [0.1, 0.15) is 55.6 Å². The van der Waals surface area contributed by atoms with Crippen LogP contribution in [0, 0.1) is 12.8 Å². The molecule has 35 heavy (non-hydrogen) atoms. The lowest BCUT2D eigenvalue weighted by atomic mass is 9.77. The van der Waals surface area contributed by atoms with Gasteiger partial charge < -0.3 is 30.3 Å². The number of piperidine rings is 1. The zero-order valence-electron chi connectivity index (χ0n) is 20.9. The van der Waals surface area contributed by atoms with E-state index < -0.39 is 12.4 Å². The standard InChI is InChI=1S/C28H40N2O5/c1-20-9-3-5-13-25(20)35-26-14-6-4-11-24(26)23(12-7-15-28(33)34-2)21-10-8-16-30(19-21)27(32)17-22(31)18-29/h3-6,9,11,13-14,21-23,28,31,33H,7-8,10,12,15-19,29H2,1-2H3. The molecule has 4 unspecified atom stereocenters. The van der Waals surface area contributed by atoms with Crippen LogP contribution in [0.2, 0.25) is 0 Å². The van der Waals surface area contributed by atoms with Crippen LogP contribution in [-0.2, 0) is 9.53 Å². The third-order valence-electron chi connectivity index (χ3n) is 6.93. The Hall–Kier alpha value is -2.45. The van der Waals surface area contributed by atoms with E-state index in [1.54, 1.807) is 0 Å². The van der Waals surface area contributed by atoms with Gasteiger partial charge in [0.2, 0.25) is 5.91 Å². The van der Waals surface area contributed by atoms with Crippen LogP contribution in [0.25, 0.3) is 0 Å². The summed E-state index contributed by atoms with van der Waals surface area (Å²) in [4.78, 5) is 14.7. The number of aliphatic hydroxyl groups excluding tert-OH is 2. The van der Waals surface area contributed by atoms with Crippen molar-refractivity contribution in [3.05, 3.63) is 59.7 Å². The maximum atomic E-state index is 12.8. The number of rotatable bonds is 12. The second kappa shape index (κ2) is 13.6. The second-order valence-electron chi connectivity index (χ2n) is 9.47. The predicted octanol–water partition coefficient (Wildman–Crippen LogP) is 3.95. The van der Waals surface area contributed by atoms with E-state index in [9.17, 15) is 15.0 Å². The molecule has 7 nitrogen and oxygen atoms in total. The van der Waals surface area contributed by atoms with E-state index in [1.807, 2.05) is 54.3 Å². The monoisotopic (exact) mass is 484 g/mol. The lowest BCUT2D eigenvalue weighted by Crippen LogP contribution is -2.43. The second-order valence-corrected chi connectivity index (χ2v) is 9.47. The molecule has 2 aromatic carbocycles. The maximum absolute atomic E-state index is 12.8. The highest BCUT2D eigenvalue weighted by Gasteiger charge is 2.32. The van der Waals surface area contributed by atoms with Crippen LogP contribution >= 0.6 is 0 Å². The van der Waals surface area contributed by atoms with Gasteiger partial charge in [-0.3, -0.25) is 4.79 Å². The predicted molar refractivity (Wildman–Crippen MR) is 136 cm³/mol. The first-order valence-corrected chi connectivity index (χ1v) is 12.6. The number of methoxy groups -OCH3 is 1. The molecule has 0 bridgehead atoms. The van der Waals surface area contributed by atoms with Crippen molar-refractivity contribution in [3.8, 4) is 11.5 Å². The van der Waals surface area contributed by atoms with Crippen molar-refractivity contribution < 1.29 is 24.5 Å². The molecule has 2 aromatic rings. The van der Waals surface area contributed by atoms with E-state index in [4.69, 9.17) is 15.2 Å². The molecule has 4 N–H and O–H groups in total. The maximum Gasteiger partial charge on any atom is 0.225 e. The number of ether oxygens (including phenoxy) is 2. The fourth-order valence-electron chi connectivity index (χ4n) is 4.92. The minimum Gasteiger partial charge on any atom is -0.457 e. The minimum atomic E-state index is -0.808. The Morgan fingerprint density at radius 3 is 2.54 bits per heavy atom. The van der Waals surface area contributed by atoms with Crippen molar-refractivity contribution in [2.45, 2.75) is 63.8 Å². The first-order valence-electron chi connectivity index (χ1n) is 12.6. The SMILES string of the molecule is COC(O)CCCC(c1ccccc1Oc1ccccc1C)C1CCCN(C(=O)CC(O)CN)C1. The molecule has 192 valence electrons. The lowest BCUT2D eigenvalue weighted by Gasteiger charge is -2.38. The highest BCUT2D eigenvalue weighted by atomic mass is 16.6. The van der Waals surface area contributed by atoms with Gasteiger partial charge in [-0.1, -0.05) is 36.4 Å². The zero-order valence-corrected chi connectivity index (χ0v) is 20.9. The van der Waals surface area contributed by atoms with Gasteiger partial charge in [0.15, 0.2) is 6.29 Å². The summed E-state index contributed by atoms with van der Waals surface area (Å²) in [6.45, 7) is 3.44. The number of carbonyl (C=O) groups is 1. The molecular weight excluding hydrogens is 444 g/mol. The van der Waals surface area contributed by atoms with Crippen LogP contribution in [0.5, 0.6) is 11.5 Å². The number of nitrogens with two attached hydrogens (primary N) is 1. The summed E-state index contributed by atoms with van der Waals surface area (Å²) in [5, 5.41) is 19.8. The number of aliphatic hydroxyl groups is 2. The van der Waals surface area contributed by atoms with Gasteiger partial charge in [0.25, 0.3) is 0 Å². The van der Waals surface area contributed by atoms with E-state index in [2.05, 4.69) is 6.07 Å². The number of likely N-dealkylation sites (tertiary alicyclic amines) is 1. The lowest BCUT2D eigenvalue weighted by molar-refractivity contribution is -0.135. The Morgan fingerprint density at radius 1 is 1.11 bits per heavy atom. The van der Waals surface area contributed by atoms with E-state index in [0.717, 1.165) is 48.3 Å². The van der Waals surface area contributed by atoms with Crippen molar-refractivity contribution in [2.75, 3.05) is 26.7 Å². The van der Waals surface area contributed by atoms with E-state index in [1.165, 1.54) is 7.11 Å². The molecular formula is C28H40N2O5. The van der Waals surface area contributed by atoms with Crippen molar-refractivity contribution in [1.29, 1.82) is 0 Å². The van der Waals surface area contributed by atoms with Crippen molar-refractivity contribution in [3.63, 3.8) is 0 Å². The first-order chi connectivity index (χ1) is 16.9. The Labute approximate surface area is 208 Å². The Morgan fingerprint density at radius 2 is 1.83 bits per heavy atom. The summed E-state index contributed by atoms with van der Waals surface area (Å²) in [6, 6.07) is 16.1. The fourth-order valence-corrected chi connectivity index (χ4v) is 4.92. The number of nitrogens with zero attached hydrogens (tertiary/aromatic N) is 1. The number of aryl methyl sites for hydroxylation is 1. The Bertz CT molecular complexity index is 937. The van der Waals surface area contributed by atoms with Gasteiger partial charge >= 0.3 is 0 Å². The molecule has 1 heterocycles. The van der Waals surface area contributed by atoms with Crippen molar-refractivity contribution in [1.82, 2.24) is 4.90 Å². The molecule has 0 saturated carbocycles. The van der Waals surface area contributed by atoms with Gasteiger partial charge in [-0.05, 0) is 74.1 Å². The normalized spacial score (nSPS) is 18.7. The molecule has 1 aliphatic rings. The molecule has 1 fully saturated rings. The summed E-state index contributed by atoms with van der Waals surface area (Å²) < 4.78 is 11.4. The smallest absolute Gasteiger partial charge is 0.225 e.